The van der Waals surface area contributed by atoms with Crippen LogP contribution in [0.15, 0.2) is 97.1 Å². The van der Waals surface area contributed by atoms with Gasteiger partial charge in [-0.3, -0.25) is 4.79 Å². The molecule has 0 spiro atoms. The zero-order valence-corrected chi connectivity index (χ0v) is 19.5. The Hall–Kier alpha value is -2.82. The fourth-order valence-electron chi connectivity index (χ4n) is 3.35. The third-order valence-corrected chi connectivity index (χ3v) is 6.02. The van der Waals surface area contributed by atoms with E-state index in [1.807, 2.05) is 111 Å². The molecule has 1 atom stereocenters. The summed E-state index contributed by atoms with van der Waals surface area (Å²) in [6, 6.07) is 30.7. The van der Waals surface area contributed by atoms with Gasteiger partial charge in [0.05, 0.1) is 0 Å². The van der Waals surface area contributed by atoms with Gasteiger partial charge in [-0.15, -0.1) is 0 Å². The average molecular weight is 433 g/mol. The van der Waals surface area contributed by atoms with Crippen LogP contribution >= 0.6 is 8.58 Å². The Morgan fingerprint density at radius 2 is 1.22 bits per heavy atom. The molecule has 4 aromatic carbocycles. The number of aryl methyl sites for hydroxylation is 2. The zero-order chi connectivity index (χ0) is 21.6. The molecule has 0 aliphatic carbocycles. The van der Waals surface area contributed by atoms with Crippen LogP contribution in [-0.2, 0) is 0 Å². The van der Waals surface area contributed by atoms with Crippen LogP contribution < -0.4 is 14.8 Å². The van der Waals surface area contributed by atoms with Gasteiger partial charge in [-0.05, 0) is 70.0 Å². The van der Waals surface area contributed by atoms with Gasteiger partial charge in [0.15, 0.2) is 5.52 Å². The normalized spacial score (nSPS) is 10.6. The Morgan fingerprint density at radius 1 is 0.656 bits per heavy atom. The summed E-state index contributed by atoms with van der Waals surface area (Å²) < 4.78 is 12.1. The van der Waals surface area contributed by atoms with Crippen LogP contribution in [0.4, 0.5) is 0 Å². The third-order valence-electron chi connectivity index (χ3n) is 4.86. The molecule has 0 N–H and O–H groups in total. The first kappa shape index (κ1) is 23.8. The number of carbonyl (C=O) groups excluding carboxylic acids is 1. The van der Waals surface area contributed by atoms with Gasteiger partial charge in [-0.2, -0.15) is 0 Å². The molecule has 0 saturated carbocycles. The van der Waals surface area contributed by atoms with Crippen LogP contribution in [0.25, 0.3) is 0 Å². The van der Waals surface area contributed by atoms with Crippen molar-refractivity contribution in [3.05, 3.63) is 114 Å². The van der Waals surface area contributed by atoms with E-state index in [4.69, 9.17) is 9.47 Å². The molecule has 0 bridgehead atoms. The second-order valence-electron chi connectivity index (χ2n) is 7.21. The van der Waals surface area contributed by atoms with Crippen molar-refractivity contribution in [2.24, 2.45) is 0 Å². The smallest absolute Gasteiger partial charge is 0.186 e. The van der Waals surface area contributed by atoms with Crippen LogP contribution in [-0.4, -0.2) is 24.4 Å². The molecule has 1 unspecified atom stereocenters. The maximum absolute atomic E-state index is 13.2. The van der Waals surface area contributed by atoms with Gasteiger partial charge in [0.2, 0.25) is 0 Å². The van der Waals surface area contributed by atoms with Gasteiger partial charge in [0, 0.05) is 35.8 Å². The summed E-state index contributed by atoms with van der Waals surface area (Å²) in [5, 5.41) is 0.844. The second kappa shape index (κ2) is 11.2. The molecule has 0 aromatic heterocycles. The summed E-state index contributed by atoms with van der Waals surface area (Å²) in [5.74, 6) is 2.74. The summed E-state index contributed by atoms with van der Waals surface area (Å²) in [6.07, 6.45) is 0. The van der Waals surface area contributed by atoms with E-state index in [9.17, 15) is 4.79 Å². The summed E-state index contributed by atoms with van der Waals surface area (Å²) in [7, 11) is -0.0562. The van der Waals surface area contributed by atoms with E-state index >= 15 is 0 Å². The van der Waals surface area contributed by atoms with Crippen LogP contribution in [0.1, 0.15) is 21.5 Å². The first-order chi connectivity index (χ1) is 15.1. The van der Waals surface area contributed by atoms with E-state index in [-0.39, 0.29) is 33.0 Å². The van der Waals surface area contributed by atoms with Crippen molar-refractivity contribution in [2.45, 2.75) is 13.8 Å². The first-order valence-corrected chi connectivity index (χ1v) is 11.1. The molecule has 155 valence electrons. The second-order valence-corrected chi connectivity index (χ2v) is 8.45. The fourth-order valence-corrected chi connectivity index (χ4v) is 4.53. The molecule has 4 rings (SSSR count). The standard InChI is InChI=1S/C27H23O3P.Li/c1-19-10-9-11-20(2)26(19)27(28)31-25-17-16-23(29-21-12-5-3-6-13-21)18-24(25)30-22-14-7-4-8-15-22;/h3-18,31H,1-2H3;. The number of para-hydroxylation sites is 2. The van der Waals surface area contributed by atoms with Gasteiger partial charge in [0.1, 0.15) is 23.0 Å². The van der Waals surface area contributed by atoms with Crippen LogP contribution in [0.5, 0.6) is 23.0 Å². The Morgan fingerprint density at radius 3 is 1.81 bits per heavy atom. The number of ether oxygens (including phenoxy) is 2. The van der Waals surface area contributed by atoms with E-state index in [0.717, 1.165) is 27.7 Å². The van der Waals surface area contributed by atoms with E-state index in [1.54, 1.807) is 0 Å². The minimum Gasteiger partial charge on any atom is -0.457 e. The number of hydrogen-bond acceptors (Lipinski definition) is 3. The minimum atomic E-state index is -0.0562. The largest absolute Gasteiger partial charge is 0.457 e. The molecule has 5 heteroatoms. The van der Waals surface area contributed by atoms with Gasteiger partial charge in [-0.1, -0.05) is 54.6 Å². The number of hydrogen-bond donors (Lipinski definition) is 0. The fraction of sp³-hybridized carbons (Fsp3) is 0.0741. The van der Waals surface area contributed by atoms with E-state index in [1.165, 1.54) is 0 Å². The number of benzene rings is 4. The van der Waals surface area contributed by atoms with Crippen LogP contribution in [0.3, 0.4) is 0 Å². The summed E-state index contributed by atoms with van der Waals surface area (Å²) in [5.41, 5.74) is 2.88. The van der Waals surface area contributed by atoms with Crippen molar-refractivity contribution >= 4 is 38.3 Å². The van der Waals surface area contributed by atoms with E-state index in [2.05, 4.69) is 0 Å². The molecule has 1 radical (unpaired) electrons. The average Bonchev–Trinajstić information content (AvgIpc) is 2.77. The van der Waals surface area contributed by atoms with E-state index in [0.29, 0.717) is 17.2 Å². The molecule has 0 aliphatic heterocycles. The number of carbonyl (C=O) groups is 1. The summed E-state index contributed by atoms with van der Waals surface area (Å²) >= 11 is 0. The predicted octanol–water partition coefficient (Wildman–Crippen LogP) is 6.65. The topological polar surface area (TPSA) is 35.5 Å². The van der Waals surface area contributed by atoms with Gasteiger partial charge in [-0.25, -0.2) is 0 Å². The minimum absolute atomic E-state index is 0. The molecule has 4 aromatic rings. The maximum Gasteiger partial charge on any atom is 0.186 e. The molecular formula is C27H23LiO3P. The predicted molar refractivity (Wildman–Crippen MR) is 133 cm³/mol. The van der Waals surface area contributed by atoms with Gasteiger partial charge < -0.3 is 9.47 Å². The SMILES string of the molecule is Cc1cccc(C)c1C(=O)Pc1ccc(Oc2ccccc2)cc1Oc1ccccc1.[Li]. The van der Waals surface area contributed by atoms with Gasteiger partial charge >= 0.3 is 0 Å². The Kier molecular flexibility index (Phi) is 8.31. The molecule has 3 nitrogen and oxygen atoms in total. The summed E-state index contributed by atoms with van der Waals surface area (Å²) in [4.78, 5) is 13.2. The quantitative estimate of drug-likeness (QED) is 0.242. The van der Waals surface area contributed by atoms with Crippen molar-refractivity contribution in [1.82, 2.24) is 0 Å². The van der Waals surface area contributed by atoms with Gasteiger partial charge in [0.25, 0.3) is 0 Å². The molecule has 0 aliphatic rings. The van der Waals surface area contributed by atoms with Crippen molar-refractivity contribution in [1.29, 1.82) is 0 Å². The van der Waals surface area contributed by atoms with Crippen LogP contribution in [0, 0.1) is 13.8 Å². The maximum atomic E-state index is 13.2. The zero-order valence-electron chi connectivity index (χ0n) is 18.5. The molecule has 0 fully saturated rings. The summed E-state index contributed by atoms with van der Waals surface area (Å²) in [6.45, 7) is 3.95. The van der Waals surface area contributed by atoms with Crippen LogP contribution in [0.2, 0.25) is 0 Å². The number of rotatable bonds is 7. The molecule has 0 saturated heterocycles. The Bertz CT molecular complexity index is 1170. The first-order valence-electron chi connectivity index (χ1n) is 10.1. The molecule has 0 heterocycles. The van der Waals surface area contributed by atoms with Crippen molar-refractivity contribution in [2.75, 3.05) is 0 Å². The van der Waals surface area contributed by atoms with Crippen molar-refractivity contribution < 1.29 is 14.3 Å². The van der Waals surface area contributed by atoms with Crippen molar-refractivity contribution in [3.63, 3.8) is 0 Å². The van der Waals surface area contributed by atoms with E-state index < -0.39 is 0 Å². The third kappa shape index (κ3) is 5.90. The van der Waals surface area contributed by atoms with Crippen molar-refractivity contribution in [3.8, 4) is 23.0 Å². The molecule has 0 amide bonds. The Labute approximate surface area is 202 Å². The Balaban J connectivity index is 0.00000289. The molecular weight excluding hydrogens is 410 g/mol. The monoisotopic (exact) mass is 433 g/mol. The molecule has 32 heavy (non-hydrogen) atoms.